The Morgan fingerprint density at radius 2 is 1.56 bits per heavy atom. The third kappa shape index (κ3) is 2.52. The maximum Gasteiger partial charge on any atom is 0.306 e. The first-order valence-electron chi connectivity index (χ1n) is 5.26. The Hall–Kier alpha value is -2.69. The van der Waals surface area contributed by atoms with Crippen molar-refractivity contribution in [2.45, 2.75) is 0 Å². The second-order valence-corrected chi connectivity index (χ2v) is 3.56. The van der Waals surface area contributed by atoms with Crippen LogP contribution in [0.15, 0.2) is 54.9 Å². The first-order valence-corrected chi connectivity index (χ1v) is 5.26. The van der Waals surface area contributed by atoms with Crippen LogP contribution in [-0.2, 0) is 0 Å². The van der Waals surface area contributed by atoms with Gasteiger partial charge in [0.2, 0.25) is 0 Å². The largest absolute Gasteiger partial charge is 0.545 e. The van der Waals surface area contributed by atoms with E-state index in [0.29, 0.717) is 0 Å². The molecule has 0 aliphatic carbocycles. The molecule has 18 heavy (non-hydrogen) atoms. The molecule has 5 heteroatoms. The number of aromatic carboxylic acids is 1. The Kier molecular flexibility index (Phi) is 3.33. The lowest BCUT2D eigenvalue weighted by Crippen LogP contribution is -2.48. The van der Waals surface area contributed by atoms with Crippen LogP contribution in [0.5, 0.6) is 0 Å². The summed E-state index contributed by atoms with van der Waals surface area (Å²) in [5.74, 6) is -1.88. The summed E-state index contributed by atoms with van der Waals surface area (Å²) in [4.78, 5) is 22.8. The van der Waals surface area contributed by atoms with Crippen LogP contribution in [0.2, 0.25) is 0 Å². The molecule has 0 unspecified atom stereocenters. The fraction of sp³-hybridized carbons (Fsp3) is 0. The Labute approximate surface area is 103 Å². The number of hydrogen-bond donors (Lipinski definition) is 1. The molecule has 1 aromatic heterocycles. The number of carbonyl (C=O) groups is 2. The van der Waals surface area contributed by atoms with Gasteiger partial charge < -0.3 is 9.90 Å². The van der Waals surface area contributed by atoms with Crippen molar-refractivity contribution in [1.82, 2.24) is 0 Å². The number of benzene rings is 1. The third-order valence-corrected chi connectivity index (χ3v) is 2.34. The standard InChI is InChI=1S/C13H10N2O3/c16-12(14-15-8-4-1-5-9-15)10-6-2-3-7-11(10)13(17)18/h1-9H,(H-,14,16,17,18). The number of amides is 1. The van der Waals surface area contributed by atoms with Gasteiger partial charge in [0.15, 0.2) is 12.4 Å². The monoisotopic (exact) mass is 242 g/mol. The van der Waals surface area contributed by atoms with Crippen LogP contribution < -0.4 is 15.2 Å². The summed E-state index contributed by atoms with van der Waals surface area (Å²) in [7, 11) is 0. The lowest BCUT2D eigenvalue weighted by molar-refractivity contribution is -0.641. The molecule has 2 aromatic rings. The van der Waals surface area contributed by atoms with Gasteiger partial charge in [-0.25, -0.2) is 0 Å². The van der Waals surface area contributed by atoms with Gasteiger partial charge >= 0.3 is 5.91 Å². The molecule has 0 bridgehead atoms. The van der Waals surface area contributed by atoms with Gasteiger partial charge in [-0.2, -0.15) is 0 Å². The minimum Gasteiger partial charge on any atom is -0.545 e. The number of nitrogens with zero attached hydrogens (tertiary/aromatic N) is 1. The molecule has 1 N–H and O–H groups in total. The molecule has 0 atom stereocenters. The van der Waals surface area contributed by atoms with E-state index in [4.69, 9.17) is 0 Å². The van der Waals surface area contributed by atoms with Crippen LogP contribution in [-0.4, -0.2) is 11.9 Å². The molecule has 0 radical (unpaired) electrons. The highest BCUT2D eigenvalue weighted by Crippen LogP contribution is 2.07. The fourth-order valence-corrected chi connectivity index (χ4v) is 1.51. The van der Waals surface area contributed by atoms with E-state index in [1.165, 1.54) is 22.9 Å². The molecule has 0 aliphatic rings. The summed E-state index contributed by atoms with van der Waals surface area (Å²) < 4.78 is 1.44. The van der Waals surface area contributed by atoms with Crippen molar-refractivity contribution in [3.63, 3.8) is 0 Å². The Bertz CT molecular complexity index is 582. The van der Waals surface area contributed by atoms with Crippen molar-refractivity contribution >= 4 is 11.9 Å². The molecule has 1 amide bonds. The molecular formula is C13H10N2O3. The minimum atomic E-state index is -1.38. The number of aromatic nitrogens is 1. The van der Waals surface area contributed by atoms with Crippen molar-refractivity contribution < 1.29 is 19.4 Å². The molecule has 0 saturated carbocycles. The van der Waals surface area contributed by atoms with Crippen molar-refractivity contribution in [3.05, 3.63) is 66.0 Å². The second-order valence-electron chi connectivity index (χ2n) is 3.56. The smallest absolute Gasteiger partial charge is 0.306 e. The summed E-state index contributed by atoms with van der Waals surface area (Å²) in [5, 5.41) is 10.9. The van der Waals surface area contributed by atoms with Crippen LogP contribution in [0.1, 0.15) is 20.7 Å². The molecular weight excluding hydrogens is 232 g/mol. The van der Waals surface area contributed by atoms with E-state index >= 15 is 0 Å². The van der Waals surface area contributed by atoms with Crippen LogP contribution in [0.25, 0.3) is 0 Å². The highest BCUT2D eigenvalue weighted by molar-refractivity contribution is 6.06. The average Bonchev–Trinajstić information content (AvgIpc) is 2.40. The van der Waals surface area contributed by atoms with E-state index in [-0.39, 0.29) is 11.1 Å². The number of rotatable bonds is 3. The number of nitrogens with one attached hydrogen (secondary N) is 1. The predicted octanol–water partition coefficient (Wildman–Crippen LogP) is -0.279. The number of hydrogen-bond acceptors (Lipinski definition) is 3. The molecule has 0 spiro atoms. The molecule has 0 aliphatic heterocycles. The van der Waals surface area contributed by atoms with Crippen molar-refractivity contribution in [2.24, 2.45) is 0 Å². The number of pyridine rings is 1. The quantitative estimate of drug-likeness (QED) is 0.752. The first-order chi connectivity index (χ1) is 8.68. The van der Waals surface area contributed by atoms with Gasteiger partial charge in [0.1, 0.15) is 0 Å². The van der Waals surface area contributed by atoms with Gasteiger partial charge in [0.25, 0.3) is 0 Å². The Balaban J connectivity index is 2.27. The topological polar surface area (TPSA) is 73.1 Å². The second kappa shape index (κ2) is 5.09. The van der Waals surface area contributed by atoms with Gasteiger partial charge in [-0.1, -0.05) is 28.9 Å². The summed E-state index contributed by atoms with van der Waals surface area (Å²) in [6.07, 6.45) is 3.28. The zero-order valence-corrected chi connectivity index (χ0v) is 9.37. The fourth-order valence-electron chi connectivity index (χ4n) is 1.51. The van der Waals surface area contributed by atoms with E-state index in [9.17, 15) is 14.7 Å². The van der Waals surface area contributed by atoms with Crippen molar-refractivity contribution in [1.29, 1.82) is 0 Å². The lowest BCUT2D eigenvalue weighted by atomic mass is 10.1. The molecule has 5 nitrogen and oxygen atoms in total. The molecule has 90 valence electrons. The molecule has 0 fully saturated rings. The van der Waals surface area contributed by atoms with E-state index in [1.54, 1.807) is 36.7 Å². The van der Waals surface area contributed by atoms with Gasteiger partial charge in [-0.05, 0) is 6.07 Å². The Morgan fingerprint density at radius 3 is 2.17 bits per heavy atom. The van der Waals surface area contributed by atoms with E-state index in [1.807, 2.05) is 0 Å². The third-order valence-electron chi connectivity index (χ3n) is 2.34. The van der Waals surface area contributed by atoms with Crippen LogP contribution >= 0.6 is 0 Å². The minimum absolute atomic E-state index is 0.0638. The van der Waals surface area contributed by atoms with Crippen molar-refractivity contribution in [3.8, 4) is 0 Å². The van der Waals surface area contributed by atoms with E-state index < -0.39 is 11.9 Å². The molecule has 1 aromatic carbocycles. The molecule has 1 heterocycles. The first kappa shape index (κ1) is 11.8. The zero-order valence-electron chi connectivity index (χ0n) is 9.37. The average molecular weight is 242 g/mol. The van der Waals surface area contributed by atoms with Crippen molar-refractivity contribution in [2.75, 3.05) is 5.43 Å². The number of carbonyl (C=O) groups excluding carboxylic acids is 2. The number of carboxylic acids is 1. The summed E-state index contributed by atoms with van der Waals surface area (Å²) >= 11 is 0. The predicted molar refractivity (Wildman–Crippen MR) is 61.1 cm³/mol. The van der Waals surface area contributed by atoms with Gasteiger partial charge in [0, 0.05) is 17.7 Å². The maximum atomic E-state index is 11.9. The highest BCUT2D eigenvalue weighted by Gasteiger charge is 2.14. The van der Waals surface area contributed by atoms with Crippen LogP contribution in [0.4, 0.5) is 0 Å². The van der Waals surface area contributed by atoms with Crippen LogP contribution in [0, 0.1) is 0 Å². The summed E-state index contributed by atoms with van der Waals surface area (Å²) in [6.45, 7) is 0. The van der Waals surface area contributed by atoms with E-state index in [0.717, 1.165) is 0 Å². The Morgan fingerprint density at radius 1 is 0.944 bits per heavy atom. The van der Waals surface area contributed by atoms with Gasteiger partial charge in [-0.15, -0.1) is 5.43 Å². The summed E-state index contributed by atoms with van der Waals surface area (Å²) in [6, 6.07) is 11.2. The van der Waals surface area contributed by atoms with E-state index in [2.05, 4.69) is 5.43 Å². The maximum absolute atomic E-state index is 11.9. The molecule has 2 rings (SSSR count). The lowest BCUT2D eigenvalue weighted by Gasteiger charge is -2.07. The summed E-state index contributed by atoms with van der Waals surface area (Å²) in [5.41, 5.74) is 2.47. The SMILES string of the molecule is O=C([O-])c1ccccc1C(=O)N[n+]1ccccc1. The zero-order chi connectivity index (χ0) is 13.0. The highest BCUT2D eigenvalue weighted by atomic mass is 16.4. The molecule has 0 saturated heterocycles. The normalized spacial score (nSPS) is 9.78. The number of carboxylic acid groups (broad SMARTS) is 1. The van der Waals surface area contributed by atoms with Crippen LogP contribution in [0.3, 0.4) is 0 Å². The van der Waals surface area contributed by atoms with Gasteiger partial charge in [-0.3, -0.25) is 4.79 Å². The van der Waals surface area contributed by atoms with Gasteiger partial charge in [0.05, 0.1) is 11.5 Å².